The van der Waals surface area contributed by atoms with E-state index >= 15 is 0 Å². The van der Waals surface area contributed by atoms with E-state index in [1.165, 1.54) is 6.92 Å². The van der Waals surface area contributed by atoms with Crippen molar-refractivity contribution in [2.75, 3.05) is 0 Å². The lowest BCUT2D eigenvalue weighted by Gasteiger charge is -2.07. The van der Waals surface area contributed by atoms with E-state index < -0.39 is 42.8 Å². The van der Waals surface area contributed by atoms with Crippen molar-refractivity contribution in [2.45, 2.75) is 11.9 Å². The predicted molar refractivity (Wildman–Crippen MR) is 65.9 cm³/mol. The van der Waals surface area contributed by atoms with Crippen LogP contribution in [0.3, 0.4) is 0 Å². The number of nitrogens with zero attached hydrogens (tertiary/aromatic N) is 3. The quantitative estimate of drug-likeness (QED) is 0.624. The molecule has 0 aliphatic carbocycles. The Bertz CT molecular complexity index is 887. The monoisotopic (exact) mass is 335 g/mol. The van der Waals surface area contributed by atoms with E-state index in [1.54, 1.807) is 6.07 Å². The third kappa shape index (κ3) is 2.59. The third-order valence-electron chi connectivity index (χ3n) is 2.58. The molecule has 0 saturated heterocycles. The van der Waals surface area contributed by atoms with Gasteiger partial charge in [0.15, 0.2) is 22.5 Å². The maximum atomic E-state index is 13.7. The summed E-state index contributed by atoms with van der Waals surface area (Å²) in [7, 11) is 0.728. The fraction of sp³-hybridized carbons (Fsp3) is 0.0909. The highest BCUT2D eigenvalue weighted by molar-refractivity contribution is 8.13. The maximum absolute atomic E-state index is 13.7. The molecule has 0 amide bonds. The number of aryl methyl sites for hydroxylation is 1. The van der Waals surface area contributed by atoms with Gasteiger partial charge in [-0.05, 0) is 6.92 Å². The summed E-state index contributed by atoms with van der Waals surface area (Å²) in [4.78, 5) is 0. The molecule has 0 saturated carbocycles. The fourth-order valence-electron chi connectivity index (χ4n) is 1.70. The van der Waals surface area contributed by atoms with Crippen LogP contribution in [0.25, 0.3) is 5.69 Å². The summed E-state index contributed by atoms with van der Waals surface area (Å²) in [5.41, 5.74) is -1.15. The number of aromatic nitrogens is 2. The van der Waals surface area contributed by atoms with Gasteiger partial charge in [-0.25, -0.2) is 26.3 Å². The molecule has 0 N–H and O–H groups in total. The molecule has 1 aromatic carbocycles. The molecular formula is C11H5ClF3N3O2S. The minimum Gasteiger partial charge on any atom is -0.216 e. The van der Waals surface area contributed by atoms with Gasteiger partial charge in [-0.1, -0.05) is 0 Å². The zero-order valence-electron chi connectivity index (χ0n) is 10.2. The lowest BCUT2D eigenvalue weighted by molar-refractivity contribution is 0.489. The van der Waals surface area contributed by atoms with E-state index in [-0.39, 0.29) is 11.8 Å². The third-order valence-corrected chi connectivity index (χ3v) is 3.86. The van der Waals surface area contributed by atoms with Crippen LogP contribution in [0.5, 0.6) is 0 Å². The largest absolute Gasteiger partial charge is 0.280 e. The van der Waals surface area contributed by atoms with Crippen LogP contribution in [0.1, 0.15) is 11.3 Å². The van der Waals surface area contributed by atoms with Gasteiger partial charge in [-0.2, -0.15) is 10.4 Å². The van der Waals surface area contributed by atoms with Crippen LogP contribution in [0.4, 0.5) is 13.2 Å². The summed E-state index contributed by atoms with van der Waals surface area (Å²) in [6.45, 7) is 1.29. The van der Waals surface area contributed by atoms with E-state index in [2.05, 4.69) is 5.10 Å². The standard InChI is InChI=1S/C11H5ClF3N3O2S/c1-5-6(4-16)11(21(12,19)20)18(17-5)10-3-8(14)7(13)2-9(10)15/h2-3H,1H3. The molecule has 0 atom stereocenters. The van der Waals surface area contributed by atoms with Crippen molar-refractivity contribution in [1.82, 2.24) is 9.78 Å². The topological polar surface area (TPSA) is 75.8 Å². The molecule has 0 aliphatic heterocycles. The van der Waals surface area contributed by atoms with Gasteiger partial charge in [-0.3, -0.25) is 0 Å². The van der Waals surface area contributed by atoms with Crippen molar-refractivity contribution in [3.8, 4) is 11.8 Å². The minimum absolute atomic E-state index is 0.0548. The average Bonchev–Trinajstić information content (AvgIpc) is 2.70. The van der Waals surface area contributed by atoms with Crippen molar-refractivity contribution in [3.63, 3.8) is 0 Å². The Morgan fingerprint density at radius 3 is 2.33 bits per heavy atom. The van der Waals surface area contributed by atoms with Crippen LogP contribution in [-0.2, 0) is 9.05 Å². The summed E-state index contributed by atoms with van der Waals surface area (Å²) >= 11 is 0. The molecular weight excluding hydrogens is 331 g/mol. The molecule has 1 aromatic heterocycles. The molecule has 0 radical (unpaired) electrons. The summed E-state index contributed by atoms with van der Waals surface area (Å²) in [6, 6.07) is 2.22. The van der Waals surface area contributed by atoms with Crippen molar-refractivity contribution in [2.24, 2.45) is 0 Å². The van der Waals surface area contributed by atoms with E-state index in [9.17, 15) is 21.6 Å². The molecule has 21 heavy (non-hydrogen) atoms. The highest BCUT2D eigenvalue weighted by Gasteiger charge is 2.28. The van der Waals surface area contributed by atoms with E-state index in [0.717, 1.165) is 0 Å². The fourth-order valence-corrected chi connectivity index (χ4v) is 2.91. The molecule has 0 aliphatic rings. The van der Waals surface area contributed by atoms with Crippen LogP contribution in [0.2, 0.25) is 0 Å². The molecule has 5 nitrogen and oxygen atoms in total. The molecule has 10 heteroatoms. The Labute approximate surface area is 121 Å². The van der Waals surface area contributed by atoms with Crippen molar-refractivity contribution < 1.29 is 21.6 Å². The van der Waals surface area contributed by atoms with Gasteiger partial charge in [0.05, 0.1) is 5.69 Å². The van der Waals surface area contributed by atoms with Gasteiger partial charge in [0.25, 0.3) is 9.05 Å². The molecule has 0 bridgehead atoms. The Morgan fingerprint density at radius 1 is 1.24 bits per heavy atom. The molecule has 1 heterocycles. The Morgan fingerprint density at radius 2 is 1.81 bits per heavy atom. The maximum Gasteiger partial charge on any atom is 0.280 e. The first-order valence-electron chi connectivity index (χ1n) is 5.26. The number of hydrogen-bond acceptors (Lipinski definition) is 4. The number of nitriles is 1. The van der Waals surface area contributed by atoms with Crippen LogP contribution in [0.15, 0.2) is 17.2 Å². The lowest BCUT2D eigenvalue weighted by Crippen LogP contribution is -2.09. The second-order valence-corrected chi connectivity index (χ2v) is 6.43. The van der Waals surface area contributed by atoms with E-state index in [1.807, 2.05) is 0 Å². The van der Waals surface area contributed by atoms with Crippen LogP contribution < -0.4 is 0 Å². The normalized spacial score (nSPS) is 11.4. The number of rotatable bonds is 2. The summed E-state index contributed by atoms with van der Waals surface area (Å²) in [5, 5.41) is 11.8. The average molecular weight is 336 g/mol. The number of hydrogen-bond donors (Lipinski definition) is 0. The highest BCUT2D eigenvalue weighted by Crippen LogP contribution is 2.27. The van der Waals surface area contributed by atoms with Gasteiger partial charge >= 0.3 is 0 Å². The van der Waals surface area contributed by atoms with Crippen molar-refractivity contribution in [3.05, 3.63) is 40.8 Å². The molecule has 0 fully saturated rings. The number of halogens is 4. The summed E-state index contributed by atoms with van der Waals surface area (Å²) < 4.78 is 63.4. The van der Waals surface area contributed by atoms with Gasteiger partial charge in [0.2, 0.25) is 0 Å². The number of benzene rings is 1. The van der Waals surface area contributed by atoms with Gasteiger partial charge in [-0.15, -0.1) is 0 Å². The molecule has 2 rings (SSSR count). The first kappa shape index (κ1) is 15.3. The second kappa shape index (κ2) is 5.05. The molecule has 2 aromatic rings. The minimum atomic E-state index is -4.48. The van der Waals surface area contributed by atoms with Crippen molar-refractivity contribution >= 4 is 19.7 Å². The predicted octanol–water partition coefficient (Wildman–Crippen LogP) is 2.40. The first-order chi connectivity index (χ1) is 9.66. The highest BCUT2D eigenvalue weighted by atomic mass is 35.7. The molecule has 0 unspecified atom stereocenters. The zero-order chi connectivity index (χ0) is 15.9. The Hall–Kier alpha value is -2.05. The molecule has 110 valence electrons. The Kier molecular flexibility index (Phi) is 3.69. The van der Waals surface area contributed by atoms with Gasteiger partial charge in [0.1, 0.15) is 17.3 Å². The SMILES string of the molecule is Cc1nn(-c2cc(F)c(F)cc2F)c(S(=O)(=O)Cl)c1C#N. The first-order valence-corrected chi connectivity index (χ1v) is 7.57. The summed E-state index contributed by atoms with van der Waals surface area (Å²) in [5.74, 6) is -4.12. The lowest BCUT2D eigenvalue weighted by atomic mass is 10.2. The second-order valence-electron chi connectivity index (χ2n) is 3.94. The van der Waals surface area contributed by atoms with E-state index in [4.69, 9.17) is 15.9 Å². The van der Waals surface area contributed by atoms with Crippen LogP contribution in [0, 0.1) is 35.7 Å². The zero-order valence-corrected chi connectivity index (χ0v) is 11.8. The van der Waals surface area contributed by atoms with Crippen LogP contribution in [-0.4, -0.2) is 18.2 Å². The van der Waals surface area contributed by atoms with Crippen LogP contribution >= 0.6 is 10.7 Å². The van der Waals surface area contributed by atoms with E-state index in [0.29, 0.717) is 10.7 Å². The van der Waals surface area contributed by atoms with Gasteiger partial charge < -0.3 is 0 Å². The summed E-state index contributed by atoms with van der Waals surface area (Å²) in [6.07, 6.45) is 0. The Balaban J connectivity index is 2.90. The van der Waals surface area contributed by atoms with Crippen molar-refractivity contribution in [1.29, 1.82) is 5.26 Å². The molecule has 0 spiro atoms. The smallest absolute Gasteiger partial charge is 0.216 e. The van der Waals surface area contributed by atoms with Gasteiger partial charge in [0, 0.05) is 22.8 Å².